The number of aryl methyl sites for hydroxylation is 2. The lowest BCUT2D eigenvalue weighted by atomic mass is 9.91. The van der Waals surface area contributed by atoms with Crippen molar-refractivity contribution in [2.24, 2.45) is 7.05 Å². The number of aromatic nitrogens is 2. The Labute approximate surface area is 110 Å². The molecule has 0 atom stereocenters. The van der Waals surface area contributed by atoms with E-state index in [1.54, 1.807) is 4.68 Å². The molecule has 4 nitrogen and oxygen atoms in total. The smallest absolute Gasteiger partial charge is 0.272 e. The van der Waals surface area contributed by atoms with E-state index in [1.165, 1.54) is 6.42 Å². The summed E-state index contributed by atoms with van der Waals surface area (Å²) >= 11 is 3.42. The molecule has 1 aromatic heterocycles. The second-order valence-electron chi connectivity index (χ2n) is 4.57. The van der Waals surface area contributed by atoms with Crippen molar-refractivity contribution in [2.45, 2.75) is 32.2 Å². The van der Waals surface area contributed by atoms with Crippen molar-refractivity contribution < 1.29 is 4.79 Å². The maximum Gasteiger partial charge on any atom is 0.272 e. The molecule has 1 saturated carbocycles. The van der Waals surface area contributed by atoms with Crippen molar-refractivity contribution in [1.29, 1.82) is 0 Å². The fourth-order valence-electron chi connectivity index (χ4n) is 2.20. The number of halogens is 1. The van der Waals surface area contributed by atoms with Crippen molar-refractivity contribution >= 4 is 21.8 Å². The Balaban J connectivity index is 2.17. The number of rotatable bonds is 4. The molecule has 1 amide bonds. The fourth-order valence-corrected chi connectivity index (χ4v) is 2.58. The number of hydrogen-bond donors (Lipinski definition) is 0. The average Bonchev–Trinajstić information content (AvgIpc) is 2.53. The predicted molar refractivity (Wildman–Crippen MR) is 70.4 cm³/mol. The van der Waals surface area contributed by atoms with Gasteiger partial charge in [-0.2, -0.15) is 5.10 Å². The topological polar surface area (TPSA) is 38.1 Å². The van der Waals surface area contributed by atoms with Gasteiger partial charge in [-0.15, -0.1) is 0 Å². The number of nitrogens with zero attached hydrogens (tertiary/aromatic N) is 3. The quantitative estimate of drug-likeness (QED) is 0.799. The highest BCUT2D eigenvalue weighted by atomic mass is 79.9. The molecule has 1 aliphatic carbocycles. The zero-order valence-electron chi connectivity index (χ0n) is 10.3. The minimum absolute atomic E-state index is 0.109. The summed E-state index contributed by atoms with van der Waals surface area (Å²) in [6.45, 7) is 2.68. The van der Waals surface area contributed by atoms with Crippen LogP contribution >= 0.6 is 15.9 Å². The van der Waals surface area contributed by atoms with E-state index in [-0.39, 0.29) is 5.91 Å². The van der Waals surface area contributed by atoms with Crippen LogP contribution in [0.1, 0.15) is 35.4 Å². The molecule has 1 aromatic rings. The summed E-state index contributed by atoms with van der Waals surface area (Å²) in [6, 6.07) is 2.29. The van der Waals surface area contributed by atoms with E-state index < -0.39 is 0 Å². The monoisotopic (exact) mass is 299 g/mol. The molecule has 0 radical (unpaired) electrons. The van der Waals surface area contributed by atoms with Crippen LogP contribution in [0, 0.1) is 6.92 Å². The fraction of sp³-hybridized carbons (Fsp3) is 0.667. The molecule has 1 fully saturated rings. The normalized spacial score (nSPS) is 15.7. The highest BCUT2D eigenvalue weighted by Gasteiger charge is 2.30. The Hall–Kier alpha value is -0.840. The number of carbonyl (C=O) groups is 1. The van der Waals surface area contributed by atoms with Crippen LogP contribution < -0.4 is 0 Å². The Morgan fingerprint density at radius 2 is 2.35 bits per heavy atom. The predicted octanol–water partition coefficient (Wildman–Crippen LogP) is 2.12. The maximum absolute atomic E-state index is 12.4. The van der Waals surface area contributed by atoms with Gasteiger partial charge >= 0.3 is 0 Å². The van der Waals surface area contributed by atoms with Gasteiger partial charge in [0.05, 0.1) is 5.69 Å². The second-order valence-corrected chi connectivity index (χ2v) is 5.36. The summed E-state index contributed by atoms with van der Waals surface area (Å²) in [4.78, 5) is 14.4. The first-order chi connectivity index (χ1) is 8.13. The van der Waals surface area contributed by atoms with E-state index in [0.29, 0.717) is 11.7 Å². The van der Waals surface area contributed by atoms with E-state index in [1.807, 2.05) is 24.9 Å². The van der Waals surface area contributed by atoms with Gasteiger partial charge in [0.2, 0.25) is 0 Å². The van der Waals surface area contributed by atoms with Gasteiger partial charge in [0.25, 0.3) is 5.91 Å². The van der Waals surface area contributed by atoms with Crippen LogP contribution in [0.3, 0.4) is 0 Å². The van der Waals surface area contributed by atoms with Crippen LogP contribution in [-0.2, 0) is 7.05 Å². The molecule has 0 saturated heterocycles. The van der Waals surface area contributed by atoms with Crippen LogP contribution in [0.5, 0.6) is 0 Å². The Morgan fingerprint density at radius 1 is 1.65 bits per heavy atom. The molecule has 0 aromatic carbocycles. The van der Waals surface area contributed by atoms with Gasteiger partial charge in [-0.05, 0) is 32.3 Å². The number of alkyl halides is 1. The van der Waals surface area contributed by atoms with Crippen LogP contribution in [-0.4, -0.2) is 38.5 Å². The van der Waals surface area contributed by atoms with Crippen LogP contribution in [0.2, 0.25) is 0 Å². The summed E-state index contributed by atoms with van der Waals surface area (Å²) in [5.74, 6) is 0.109. The SMILES string of the molecule is Cc1cc(C(=O)N(CCBr)C2CCC2)n(C)n1. The van der Waals surface area contributed by atoms with E-state index >= 15 is 0 Å². The third kappa shape index (κ3) is 2.54. The molecule has 0 bridgehead atoms. The Bertz CT molecular complexity index is 412. The van der Waals surface area contributed by atoms with Crippen molar-refractivity contribution in [3.63, 3.8) is 0 Å². The van der Waals surface area contributed by atoms with Crippen LogP contribution in [0.15, 0.2) is 6.07 Å². The molecule has 0 N–H and O–H groups in total. The minimum Gasteiger partial charge on any atom is -0.334 e. The average molecular weight is 300 g/mol. The summed E-state index contributed by atoms with van der Waals surface area (Å²) in [5.41, 5.74) is 1.58. The molecule has 1 heterocycles. The summed E-state index contributed by atoms with van der Waals surface area (Å²) in [6.07, 6.45) is 3.51. The molecule has 94 valence electrons. The highest BCUT2D eigenvalue weighted by Crippen LogP contribution is 2.26. The molecule has 0 aliphatic heterocycles. The van der Waals surface area contributed by atoms with Crippen molar-refractivity contribution in [1.82, 2.24) is 14.7 Å². The lowest BCUT2D eigenvalue weighted by molar-refractivity contribution is 0.0588. The van der Waals surface area contributed by atoms with Gasteiger partial charge < -0.3 is 4.90 Å². The lowest BCUT2D eigenvalue weighted by Gasteiger charge is -2.37. The van der Waals surface area contributed by atoms with Crippen LogP contribution in [0.4, 0.5) is 0 Å². The zero-order valence-corrected chi connectivity index (χ0v) is 11.9. The third-order valence-electron chi connectivity index (χ3n) is 3.32. The molecule has 2 rings (SSSR count). The minimum atomic E-state index is 0.109. The number of hydrogen-bond acceptors (Lipinski definition) is 2. The highest BCUT2D eigenvalue weighted by molar-refractivity contribution is 9.09. The first kappa shape index (κ1) is 12.6. The van der Waals surface area contributed by atoms with Gasteiger partial charge in [-0.1, -0.05) is 15.9 Å². The maximum atomic E-state index is 12.4. The third-order valence-corrected chi connectivity index (χ3v) is 3.68. The molecule has 5 heteroatoms. The summed E-state index contributed by atoms with van der Waals surface area (Å²) in [5, 5.41) is 5.06. The molecule has 0 spiro atoms. The van der Waals surface area contributed by atoms with E-state index in [2.05, 4.69) is 21.0 Å². The first-order valence-electron chi connectivity index (χ1n) is 6.01. The number of amides is 1. The molecular formula is C12H18BrN3O. The Morgan fingerprint density at radius 3 is 2.76 bits per heavy atom. The Kier molecular flexibility index (Phi) is 3.86. The van der Waals surface area contributed by atoms with Gasteiger partial charge in [0.1, 0.15) is 5.69 Å². The lowest BCUT2D eigenvalue weighted by Crippen LogP contribution is -2.45. The van der Waals surface area contributed by atoms with Gasteiger partial charge in [0.15, 0.2) is 0 Å². The number of carbonyl (C=O) groups excluding carboxylic acids is 1. The standard InChI is InChI=1S/C12H18BrN3O/c1-9-8-11(15(2)14-9)12(17)16(7-6-13)10-4-3-5-10/h8,10H,3-7H2,1-2H3. The van der Waals surface area contributed by atoms with E-state index in [9.17, 15) is 4.79 Å². The second kappa shape index (κ2) is 5.21. The summed E-state index contributed by atoms with van der Waals surface area (Å²) in [7, 11) is 1.83. The van der Waals surface area contributed by atoms with Gasteiger partial charge in [-0.3, -0.25) is 9.48 Å². The van der Waals surface area contributed by atoms with Crippen molar-refractivity contribution in [3.8, 4) is 0 Å². The first-order valence-corrected chi connectivity index (χ1v) is 7.13. The molecule has 0 unspecified atom stereocenters. The van der Waals surface area contributed by atoms with Crippen LogP contribution in [0.25, 0.3) is 0 Å². The van der Waals surface area contributed by atoms with Crippen molar-refractivity contribution in [2.75, 3.05) is 11.9 Å². The molecule has 1 aliphatic rings. The van der Waals surface area contributed by atoms with Gasteiger partial charge in [-0.25, -0.2) is 0 Å². The zero-order chi connectivity index (χ0) is 12.4. The van der Waals surface area contributed by atoms with E-state index in [0.717, 1.165) is 30.4 Å². The van der Waals surface area contributed by atoms with Gasteiger partial charge in [0, 0.05) is 25.0 Å². The van der Waals surface area contributed by atoms with Crippen molar-refractivity contribution in [3.05, 3.63) is 17.5 Å². The molecular weight excluding hydrogens is 282 g/mol. The summed E-state index contributed by atoms with van der Waals surface area (Å²) < 4.78 is 1.68. The van der Waals surface area contributed by atoms with E-state index in [4.69, 9.17) is 0 Å². The molecule has 17 heavy (non-hydrogen) atoms. The largest absolute Gasteiger partial charge is 0.334 e.